The smallest absolute Gasteiger partial charge is 0.116 e. The van der Waals surface area contributed by atoms with E-state index >= 15 is 0 Å². The SMILES string of the molecule is CC1(C)CC(C=Cc2ccc3ncncc3c2)CCO1. The minimum absolute atomic E-state index is 0.00445. The number of fused-ring (bicyclic) bond motifs is 1. The lowest BCUT2D eigenvalue weighted by Crippen LogP contribution is -2.33. The Balaban J connectivity index is 1.77. The number of hydrogen-bond donors (Lipinski definition) is 0. The van der Waals surface area contributed by atoms with Gasteiger partial charge < -0.3 is 4.74 Å². The average Bonchev–Trinajstić information content (AvgIpc) is 2.44. The van der Waals surface area contributed by atoms with Gasteiger partial charge in [0.2, 0.25) is 0 Å². The molecule has 3 nitrogen and oxygen atoms in total. The van der Waals surface area contributed by atoms with Crippen LogP contribution in [0.3, 0.4) is 0 Å². The molecular formula is C17H20N2O. The zero-order valence-corrected chi connectivity index (χ0v) is 12.0. The van der Waals surface area contributed by atoms with Crippen LogP contribution in [0.25, 0.3) is 17.0 Å². The van der Waals surface area contributed by atoms with E-state index in [0.717, 1.165) is 30.4 Å². The van der Waals surface area contributed by atoms with E-state index in [2.05, 4.69) is 48.1 Å². The van der Waals surface area contributed by atoms with E-state index in [1.807, 2.05) is 12.3 Å². The van der Waals surface area contributed by atoms with Crippen molar-refractivity contribution in [1.29, 1.82) is 0 Å². The van der Waals surface area contributed by atoms with Crippen molar-refractivity contribution in [2.45, 2.75) is 32.3 Å². The van der Waals surface area contributed by atoms with Gasteiger partial charge in [0.25, 0.3) is 0 Å². The normalized spacial score (nSPS) is 22.4. The lowest BCUT2D eigenvalue weighted by molar-refractivity contribution is -0.0643. The van der Waals surface area contributed by atoms with Crippen LogP contribution >= 0.6 is 0 Å². The Hall–Kier alpha value is -1.74. The topological polar surface area (TPSA) is 35.0 Å². The third kappa shape index (κ3) is 3.05. The molecule has 0 bridgehead atoms. The van der Waals surface area contributed by atoms with Crippen molar-refractivity contribution in [2.75, 3.05) is 6.61 Å². The Morgan fingerprint density at radius 2 is 2.25 bits per heavy atom. The summed E-state index contributed by atoms with van der Waals surface area (Å²) in [6.45, 7) is 5.19. The Morgan fingerprint density at radius 1 is 1.35 bits per heavy atom. The van der Waals surface area contributed by atoms with Crippen molar-refractivity contribution in [1.82, 2.24) is 9.97 Å². The molecule has 1 aliphatic heterocycles. The van der Waals surface area contributed by atoms with E-state index < -0.39 is 0 Å². The molecule has 20 heavy (non-hydrogen) atoms. The van der Waals surface area contributed by atoms with Crippen molar-refractivity contribution in [3.63, 3.8) is 0 Å². The van der Waals surface area contributed by atoms with Crippen molar-refractivity contribution in [2.24, 2.45) is 5.92 Å². The molecule has 1 fully saturated rings. The summed E-state index contributed by atoms with van der Waals surface area (Å²) in [6, 6.07) is 6.29. The second kappa shape index (κ2) is 5.33. The zero-order valence-electron chi connectivity index (χ0n) is 12.0. The predicted molar refractivity (Wildman–Crippen MR) is 81.3 cm³/mol. The lowest BCUT2D eigenvalue weighted by atomic mass is 9.88. The summed E-state index contributed by atoms with van der Waals surface area (Å²) in [5, 5.41) is 1.09. The minimum atomic E-state index is 0.00445. The molecule has 1 atom stereocenters. The first-order valence-electron chi connectivity index (χ1n) is 7.14. The van der Waals surface area contributed by atoms with Gasteiger partial charge in [0.15, 0.2) is 0 Å². The molecule has 0 spiro atoms. The van der Waals surface area contributed by atoms with Crippen LogP contribution in [0.5, 0.6) is 0 Å². The second-order valence-electron chi connectivity index (χ2n) is 6.06. The maximum atomic E-state index is 5.75. The minimum Gasteiger partial charge on any atom is -0.376 e. The molecule has 0 radical (unpaired) electrons. The summed E-state index contributed by atoms with van der Waals surface area (Å²) in [6.07, 6.45) is 10.2. The quantitative estimate of drug-likeness (QED) is 0.830. The van der Waals surface area contributed by atoms with Crippen LogP contribution in [0.1, 0.15) is 32.3 Å². The highest BCUT2D eigenvalue weighted by Crippen LogP contribution is 2.29. The highest BCUT2D eigenvalue weighted by molar-refractivity contribution is 5.80. The van der Waals surface area contributed by atoms with Crippen molar-refractivity contribution in [3.8, 4) is 0 Å². The molecule has 0 aliphatic carbocycles. The number of rotatable bonds is 2. The predicted octanol–water partition coefficient (Wildman–Crippen LogP) is 3.85. The lowest BCUT2D eigenvalue weighted by Gasteiger charge is -2.34. The summed E-state index contributed by atoms with van der Waals surface area (Å²) in [5.41, 5.74) is 2.20. The highest BCUT2D eigenvalue weighted by Gasteiger charge is 2.27. The highest BCUT2D eigenvalue weighted by atomic mass is 16.5. The number of aromatic nitrogens is 2. The Bertz CT molecular complexity index is 634. The molecule has 2 heterocycles. The summed E-state index contributed by atoms with van der Waals surface area (Å²) in [4.78, 5) is 8.31. The Labute approximate surface area is 119 Å². The third-order valence-corrected chi connectivity index (χ3v) is 3.82. The molecule has 1 saturated heterocycles. The van der Waals surface area contributed by atoms with E-state index in [1.165, 1.54) is 5.56 Å². The van der Waals surface area contributed by atoms with Gasteiger partial charge in [0.1, 0.15) is 6.33 Å². The van der Waals surface area contributed by atoms with Crippen molar-refractivity contribution in [3.05, 3.63) is 42.4 Å². The van der Waals surface area contributed by atoms with Gasteiger partial charge in [-0.15, -0.1) is 0 Å². The van der Waals surface area contributed by atoms with Crippen LogP contribution in [0.2, 0.25) is 0 Å². The van der Waals surface area contributed by atoms with Crippen LogP contribution in [-0.2, 0) is 4.74 Å². The van der Waals surface area contributed by atoms with Crippen LogP contribution in [0.15, 0.2) is 36.8 Å². The Kier molecular flexibility index (Phi) is 3.53. The number of nitrogens with zero attached hydrogens (tertiary/aromatic N) is 2. The van der Waals surface area contributed by atoms with E-state index in [9.17, 15) is 0 Å². The monoisotopic (exact) mass is 268 g/mol. The molecule has 1 aromatic heterocycles. The van der Waals surface area contributed by atoms with Gasteiger partial charge in [-0.2, -0.15) is 0 Å². The van der Waals surface area contributed by atoms with E-state index in [0.29, 0.717) is 5.92 Å². The molecule has 1 unspecified atom stereocenters. The van der Waals surface area contributed by atoms with Crippen molar-refractivity contribution >= 4 is 17.0 Å². The molecule has 0 amide bonds. The molecular weight excluding hydrogens is 248 g/mol. The molecule has 0 saturated carbocycles. The fraction of sp³-hybridized carbons (Fsp3) is 0.412. The maximum absolute atomic E-state index is 5.75. The number of allylic oxidation sites excluding steroid dienone is 1. The van der Waals surface area contributed by atoms with Gasteiger partial charge in [-0.05, 0) is 50.3 Å². The van der Waals surface area contributed by atoms with E-state index in [4.69, 9.17) is 4.74 Å². The molecule has 1 aromatic carbocycles. The molecule has 2 aromatic rings. The maximum Gasteiger partial charge on any atom is 0.116 e. The summed E-state index contributed by atoms with van der Waals surface area (Å²) in [7, 11) is 0. The summed E-state index contributed by atoms with van der Waals surface area (Å²) in [5.74, 6) is 0.599. The van der Waals surface area contributed by atoms with Crippen LogP contribution in [-0.4, -0.2) is 22.2 Å². The van der Waals surface area contributed by atoms with Gasteiger partial charge in [0, 0.05) is 18.2 Å². The van der Waals surface area contributed by atoms with E-state index in [-0.39, 0.29) is 5.60 Å². The molecule has 104 valence electrons. The molecule has 3 rings (SSSR count). The number of hydrogen-bond acceptors (Lipinski definition) is 3. The fourth-order valence-corrected chi connectivity index (χ4v) is 2.80. The summed E-state index contributed by atoms with van der Waals surface area (Å²) >= 11 is 0. The largest absolute Gasteiger partial charge is 0.376 e. The fourth-order valence-electron chi connectivity index (χ4n) is 2.80. The van der Waals surface area contributed by atoms with Gasteiger partial charge in [-0.1, -0.05) is 18.2 Å². The number of ether oxygens (including phenoxy) is 1. The molecule has 0 N–H and O–H groups in total. The van der Waals surface area contributed by atoms with Gasteiger partial charge in [-0.25, -0.2) is 9.97 Å². The standard InChI is InChI=1S/C17H20N2O/c1-17(2)10-14(7-8-20-17)4-3-13-5-6-16-15(9-13)11-18-12-19-16/h3-6,9,11-12,14H,7-8,10H2,1-2H3. The number of benzene rings is 1. The van der Waals surface area contributed by atoms with Crippen LogP contribution in [0, 0.1) is 5.92 Å². The summed E-state index contributed by atoms with van der Waals surface area (Å²) < 4.78 is 5.75. The van der Waals surface area contributed by atoms with Crippen molar-refractivity contribution < 1.29 is 4.74 Å². The molecule has 1 aliphatic rings. The van der Waals surface area contributed by atoms with E-state index in [1.54, 1.807) is 6.33 Å². The van der Waals surface area contributed by atoms with Gasteiger partial charge in [-0.3, -0.25) is 0 Å². The Morgan fingerprint density at radius 3 is 3.10 bits per heavy atom. The first-order chi connectivity index (χ1) is 9.62. The van der Waals surface area contributed by atoms with Crippen LogP contribution < -0.4 is 0 Å². The first-order valence-corrected chi connectivity index (χ1v) is 7.14. The van der Waals surface area contributed by atoms with Gasteiger partial charge in [0.05, 0.1) is 11.1 Å². The third-order valence-electron chi connectivity index (χ3n) is 3.82. The zero-order chi connectivity index (χ0) is 14.0. The van der Waals surface area contributed by atoms with Crippen LogP contribution in [0.4, 0.5) is 0 Å². The van der Waals surface area contributed by atoms with Gasteiger partial charge >= 0.3 is 0 Å². The first kappa shape index (κ1) is 13.3. The average molecular weight is 268 g/mol. The molecule has 3 heteroatoms. The second-order valence-corrected chi connectivity index (χ2v) is 6.06.